The Morgan fingerprint density at radius 2 is 1.93 bits per heavy atom. The van der Waals surface area contributed by atoms with Gasteiger partial charge in [0, 0.05) is 32.0 Å². The van der Waals surface area contributed by atoms with Crippen molar-refractivity contribution in [1.29, 1.82) is 0 Å². The van der Waals surface area contributed by atoms with Crippen LogP contribution in [0.5, 0.6) is 11.5 Å². The van der Waals surface area contributed by atoms with Gasteiger partial charge in [0.25, 0.3) is 0 Å². The summed E-state index contributed by atoms with van der Waals surface area (Å²) < 4.78 is 13.0. The van der Waals surface area contributed by atoms with Gasteiger partial charge in [0.15, 0.2) is 17.5 Å². The number of fused-ring (bicyclic) bond motifs is 2. The lowest BCUT2D eigenvalue weighted by Gasteiger charge is -2.32. The van der Waals surface area contributed by atoms with Crippen molar-refractivity contribution >= 4 is 11.6 Å². The summed E-state index contributed by atoms with van der Waals surface area (Å²) in [7, 11) is 5.16. The summed E-state index contributed by atoms with van der Waals surface area (Å²) in [6.07, 6.45) is 3.01. The quantitative estimate of drug-likeness (QED) is 0.546. The van der Waals surface area contributed by atoms with Crippen molar-refractivity contribution in [3.8, 4) is 11.5 Å². The number of benzene rings is 1. The molecule has 3 aromatic rings. The number of aliphatic imine (C=N–C) groups is 1. The lowest BCUT2D eigenvalue weighted by Crippen LogP contribution is -2.43. The molecule has 1 N–H and O–H groups in total. The highest BCUT2D eigenvalue weighted by Crippen LogP contribution is 2.33. The number of rotatable bonds is 4. The van der Waals surface area contributed by atoms with Gasteiger partial charge in [-0.05, 0) is 48.7 Å². The lowest BCUT2D eigenvalue weighted by molar-refractivity contribution is 0.346. The largest absolute Gasteiger partial charge is 0.493 e. The molecule has 0 aliphatic carbocycles. The number of pyridine rings is 1. The van der Waals surface area contributed by atoms with Gasteiger partial charge in [0.05, 0.1) is 26.5 Å². The first-order valence-electron chi connectivity index (χ1n) is 9.76. The Labute approximate surface area is 171 Å². The number of guanidine groups is 1. The molecule has 1 aromatic carbocycles. The van der Waals surface area contributed by atoms with E-state index in [0.29, 0.717) is 6.54 Å². The molecule has 0 spiro atoms. The fourth-order valence-electron chi connectivity index (χ4n) is 3.85. The number of imidazole rings is 1. The second-order valence-electron chi connectivity index (χ2n) is 7.18. The molecule has 0 radical (unpaired) electrons. The van der Waals surface area contributed by atoms with E-state index in [9.17, 15) is 0 Å². The molecule has 0 atom stereocenters. The zero-order chi connectivity index (χ0) is 20.4. The van der Waals surface area contributed by atoms with E-state index < -0.39 is 0 Å². The number of nitrogens with one attached hydrogen (secondary N) is 1. The van der Waals surface area contributed by atoms with E-state index in [0.717, 1.165) is 48.3 Å². The molecule has 1 aliphatic heterocycles. The second-order valence-corrected chi connectivity index (χ2v) is 7.18. The highest BCUT2D eigenvalue weighted by atomic mass is 16.5. The molecule has 29 heavy (non-hydrogen) atoms. The Bertz CT molecular complexity index is 1060. The molecule has 0 saturated heterocycles. The third-order valence-electron chi connectivity index (χ3n) is 5.40. The molecule has 0 bridgehead atoms. The monoisotopic (exact) mass is 393 g/mol. The van der Waals surface area contributed by atoms with Crippen LogP contribution < -0.4 is 14.8 Å². The third kappa shape index (κ3) is 3.72. The Balaban J connectivity index is 1.48. The van der Waals surface area contributed by atoms with Crippen LogP contribution in [0, 0.1) is 6.92 Å². The minimum Gasteiger partial charge on any atom is -0.493 e. The molecule has 0 unspecified atom stereocenters. The topological polar surface area (TPSA) is 63.4 Å². The smallest absolute Gasteiger partial charge is 0.194 e. The van der Waals surface area contributed by atoms with Crippen LogP contribution in [0.3, 0.4) is 0 Å². The maximum absolute atomic E-state index is 5.47. The van der Waals surface area contributed by atoms with Gasteiger partial charge in [0.2, 0.25) is 0 Å². The predicted molar refractivity (Wildman–Crippen MR) is 114 cm³/mol. The van der Waals surface area contributed by atoms with Crippen LogP contribution in [0.4, 0.5) is 0 Å². The molecule has 7 heteroatoms. The van der Waals surface area contributed by atoms with E-state index in [4.69, 9.17) is 14.5 Å². The molecular formula is C22H27N5O2. The van der Waals surface area contributed by atoms with E-state index in [1.54, 1.807) is 14.2 Å². The van der Waals surface area contributed by atoms with Crippen LogP contribution in [0.15, 0.2) is 41.5 Å². The van der Waals surface area contributed by atoms with Crippen molar-refractivity contribution in [3.63, 3.8) is 0 Å². The van der Waals surface area contributed by atoms with E-state index in [-0.39, 0.29) is 0 Å². The number of aryl methyl sites for hydroxylation is 1. The standard InChI is InChI=1S/C22H27N5O2/c1-15-6-5-7-21-25-18(14-27(15)21)12-24-22(23-2)26-9-8-16-10-19(28-3)20(29-4)11-17(16)13-26/h5-7,10-11,14H,8-9,12-13H2,1-4H3,(H,23,24). The summed E-state index contributed by atoms with van der Waals surface area (Å²) in [5.41, 5.74) is 5.65. The van der Waals surface area contributed by atoms with Gasteiger partial charge in [-0.2, -0.15) is 0 Å². The van der Waals surface area contributed by atoms with Crippen LogP contribution in [-0.4, -0.2) is 48.1 Å². The molecule has 2 aromatic heterocycles. The van der Waals surface area contributed by atoms with Crippen LogP contribution >= 0.6 is 0 Å². The first kappa shape index (κ1) is 19.1. The molecule has 0 amide bonds. The van der Waals surface area contributed by atoms with Crippen molar-refractivity contribution in [2.24, 2.45) is 4.99 Å². The van der Waals surface area contributed by atoms with Crippen LogP contribution in [0.1, 0.15) is 22.5 Å². The van der Waals surface area contributed by atoms with Gasteiger partial charge in [-0.1, -0.05) is 6.07 Å². The minimum absolute atomic E-state index is 0.628. The third-order valence-corrected chi connectivity index (χ3v) is 5.40. The van der Waals surface area contributed by atoms with Crippen LogP contribution in [0.2, 0.25) is 0 Å². The number of aromatic nitrogens is 2. The number of nitrogens with zero attached hydrogens (tertiary/aromatic N) is 4. The Morgan fingerprint density at radius 3 is 2.62 bits per heavy atom. The fourth-order valence-corrected chi connectivity index (χ4v) is 3.85. The number of methoxy groups -OCH3 is 2. The summed E-state index contributed by atoms with van der Waals surface area (Å²) >= 11 is 0. The highest BCUT2D eigenvalue weighted by molar-refractivity contribution is 5.80. The van der Waals surface area contributed by atoms with E-state index in [1.807, 2.05) is 19.2 Å². The number of hydrogen-bond donors (Lipinski definition) is 1. The van der Waals surface area contributed by atoms with Gasteiger partial charge < -0.3 is 24.1 Å². The van der Waals surface area contributed by atoms with Gasteiger partial charge in [0.1, 0.15) is 5.65 Å². The summed E-state index contributed by atoms with van der Waals surface area (Å²) in [5, 5.41) is 3.46. The van der Waals surface area contributed by atoms with Gasteiger partial charge in [-0.3, -0.25) is 4.99 Å². The molecular weight excluding hydrogens is 366 g/mol. The maximum Gasteiger partial charge on any atom is 0.194 e. The fraction of sp³-hybridized carbons (Fsp3) is 0.364. The lowest BCUT2D eigenvalue weighted by atomic mass is 9.99. The molecule has 152 valence electrons. The highest BCUT2D eigenvalue weighted by Gasteiger charge is 2.21. The predicted octanol–water partition coefficient (Wildman–Crippen LogP) is 2.79. The first-order valence-corrected chi connectivity index (χ1v) is 9.76. The second kappa shape index (κ2) is 8.03. The zero-order valence-electron chi connectivity index (χ0n) is 17.4. The van der Waals surface area contributed by atoms with Gasteiger partial charge >= 0.3 is 0 Å². The Morgan fingerprint density at radius 1 is 1.17 bits per heavy atom. The van der Waals surface area contributed by atoms with Crippen molar-refractivity contribution in [3.05, 3.63) is 59.0 Å². The van der Waals surface area contributed by atoms with Crippen LogP contribution in [0.25, 0.3) is 5.65 Å². The Hall–Kier alpha value is -3.22. The first-order chi connectivity index (χ1) is 14.1. The van der Waals surface area contributed by atoms with E-state index in [2.05, 4.69) is 50.9 Å². The average molecular weight is 393 g/mol. The van der Waals surface area contributed by atoms with Crippen molar-refractivity contribution < 1.29 is 9.47 Å². The molecule has 0 fully saturated rings. The molecule has 4 rings (SSSR count). The normalized spacial score (nSPS) is 14.1. The zero-order valence-corrected chi connectivity index (χ0v) is 17.4. The van der Waals surface area contributed by atoms with Crippen molar-refractivity contribution in [1.82, 2.24) is 19.6 Å². The molecule has 3 heterocycles. The summed E-state index contributed by atoms with van der Waals surface area (Å²) in [5.74, 6) is 2.42. The maximum atomic E-state index is 5.47. The van der Waals surface area contributed by atoms with Gasteiger partial charge in [-0.15, -0.1) is 0 Å². The average Bonchev–Trinajstić information content (AvgIpc) is 3.17. The van der Waals surface area contributed by atoms with E-state index >= 15 is 0 Å². The molecule has 7 nitrogen and oxygen atoms in total. The van der Waals surface area contributed by atoms with Crippen molar-refractivity contribution in [2.75, 3.05) is 27.8 Å². The van der Waals surface area contributed by atoms with Gasteiger partial charge in [-0.25, -0.2) is 4.98 Å². The van der Waals surface area contributed by atoms with E-state index in [1.165, 1.54) is 16.8 Å². The summed E-state index contributed by atoms with van der Waals surface area (Å²) in [6, 6.07) is 10.3. The van der Waals surface area contributed by atoms with Crippen LogP contribution in [-0.2, 0) is 19.5 Å². The minimum atomic E-state index is 0.628. The number of hydrogen-bond acceptors (Lipinski definition) is 4. The molecule has 1 aliphatic rings. The SMILES string of the molecule is CN=C(NCc1cn2c(C)cccc2n1)N1CCc2cc(OC)c(OC)cc2C1. The van der Waals surface area contributed by atoms with Crippen molar-refractivity contribution in [2.45, 2.75) is 26.4 Å². The summed E-state index contributed by atoms with van der Waals surface area (Å²) in [6.45, 7) is 4.38. The molecule has 0 saturated carbocycles. The summed E-state index contributed by atoms with van der Waals surface area (Å²) in [4.78, 5) is 11.4. The number of ether oxygens (including phenoxy) is 2. The Kier molecular flexibility index (Phi) is 5.29.